The molecule has 1 unspecified atom stereocenters. The lowest BCUT2D eigenvalue weighted by Gasteiger charge is -2.07. The van der Waals surface area contributed by atoms with Crippen molar-refractivity contribution < 1.29 is 8.78 Å². The molecular weight excluding hydrogens is 216 g/mol. The number of nitrogens with two attached hydrogens (primary N) is 1. The maximum Gasteiger partial charge on any atom is 0.126 e. The van der Waals surface area contributed by atoms with Gasteiger partial charge in [0.15, 0.2) is 0 Å². The van der Waals surface area contributed by atoms with Crippen molar-refractivity contribution in [2.75, 3.05) is 12.3 Å². The van der Waals surface area contributed by atoms with Crippen molar-refractivity contribution in [3.63, 3.8) is 0 Å². The molecule has 0 spiro atoms. The van der Waals surface area contributed by atoms with Crippen molar-refractivity contribution in [2.24, 2.45) is 11.7 Å². The van der Waals surface area contributed by atoms with Crippen LogP contribution in [0.4, 0.5) is 8.78 Å². The maximum atomic E-state index is 12.8. The van der Waals surface area contributed by atoms with E-state index in [0.717, 1.165) is 11.8 Å². The van der Waals surface area contributed by atoms with E-state index in [2.05, 4.69) is 6.92 Å². The van der Waals surface area contributed by atoms with Gasteiger partial charge in [-0.25, -0.2) is 8.78 Å². The second-order valence-electron chi connectivity index (χ2n) is 3.63. The van der Waals surface area contributed by atoms with Crippen LogP contribution < -0.4 is 5.73 Å². The molecule has 4 heteroatoms. The summed E-state index contributed by atoms with van der Waals surface area (Å²) in [6.45, 7) is 2.70. The van der Waals surface area contributed by atoms with E-state index in [1.54, 1.807) is 11.8 Å². The molecule has 2 N–H and O–H groups in total. The van der Waals surface area contributed by atoms with Crippen LogP contribution >= 0.6 is 11.8 Å². The van der Waals surface area contributed by atoms with Crippen molar-refractivity contribution >= 4 is 11.8 Å². The van der Waals surface area contributed by atoms with Crippen LogP contribution in [0, 0.1) is 17.6 Å². The summed E-state index contributed by atoms with van der Waals surface area (Å²) in [5.41, 5.74) is 6.15. The van der Waals surface area contributed by atoms with Crippen molar-refractivity contribution in [3.8, 4) is 0 Å². The summed E-state index contributed by atoms with van der Waals surface area (Å²) >= 11 is 1.64. The lowest BCUT2D eigenvalue weighted by atomic mass is 10.2. The monoisotopic (exact) mass is 231 g/mol. The van der Waals surface area contributed by atoms with Gasteiger partial charge in [0.2, 0.25) is 0 Å². The highest BCUT2D eigenvalue weighted by molar-refractivity contribution is 7.98. The van der Waals surface area contributed by atoms with Crippen LogP contribution in [0.3, 0.4) is 0 Å². The number of thioether (sulfide) groups is 1. The minimum atomic E-state index is -0.516. The van der Waals surface area contributed by atoms with E-state index in [1.165, 1.54) is 12.1 Å². The Bertz CT molecular complexity index is 297. The zero-order valence-electron chi connectivity index (χ0n) is 8.67. The van der Waals surface area contributed by atoms with Crippen LogP contribution in [0.5, 0.6) is 0 Å². The molecule has 0 saturated carbocycles. The molecule has 1 aromatic carbocycles. The first-order valence-electron chi connectivity index (χ1n) is 4.84. The molecule has 15 heavy (non-hydrogen) atoms. The third-order valence-electron chi connectivity index (χ3n) is 2.00. The maximum absolute atomic E-state index is 12.8. The molecule has 0 fully saturated rings. The summed E-state index contributed by atoms with van der Waals surface area (Å²) in [4.78, 5) is 0. The molecule has 0 amide bonds. The number of halogens is 2. The molecular formula is C11H15F2NS. The Hall–Kier alpha value is -0.610. The highest BCUT2D eigenvalue weighted by Crippen LogP contribution is 2.17. The van der Waals surface area contributed by atoms with Gasteiger partial charge in [-0.3, -0.25) is 0 Å². The number of hydrogen-bond donors (Lipinski definition) is 1. The average molecular weight is 231 g/mol. The minimum Gasteiger partial charge on any atom is -0.330 e. The molecule has 1 atom stereocenters. The molecule has 0 saturated heterocycles. The lowest BCUT2D eigenvalue weighted by molar-refractivity contribution is 0.581. The van der Waals surface area contributed by atoms with Gasteiger partial charge >= 0.3 is 0 Å². The number of benzene rings is 1. The highest BCUT2D eigenvalue weighted by Gasteiger charge is 2.03. The lowest BCUT2D eigenvalue weighted by Crippen LogP contribution is -2.12. The number of rotatable bonds is 5. The molecule has 1 nitrogen and oxygen atoms in total. The van der Waals surface area contributed by atoms with Crippen molar-refractivity contribution in [1.82, 2.24) is 0 Å². The second kappa shape index (κ2) is 6.08. The fourth-order valence-electron chi connectivity index (χ4n) is 1.14. The van der Waals surface area contributed by atoms with Gasteiger partial charge in [-0.1, -0.05) is 6.92 Å². The van der Waals surface area contributed by atoms with Gasteiger partial charge < -0.3 is 5.73 Å². The first-order chi connectivity index (χ1) is 7.11. The highest BCUT2D eigenvalue weighted by atomic mass is 32.2. The van der Waals surface area contributed by atoms with E-state index in [-0.39, 0.29) is 0 Å². The Balaban J connectivity index is 2.43. The molecule has 0 aliphatic carbocycles. The van der Waals surface area contributed by atoms with Crippen molar-refractivity contribution in [1.29, 1.82) is 0 Å². The van der Waals surface area contributed by atoms with E-state index in [9.17, 15) is 8.78 Å². The van der Waals surface area contributed by atoms with E-state index >= 15 is 0 Å². The number of hydrogen-bond acceptors (Lipinski definition) is 2. The second-order valence-corrected chi connectivity index (χ2v) is 4.66. The van der Waals surface area contributed by atoms with E-state index in [1.807, 2.05) is 0 Å². The quantitative estimate of drug-likeness (QED) is 0.843. The van der Waals surface area contributed by atoms with Crippen LogP contribution in [0.15, 0.2) is 18.2 Å². The average Bonchev–Trinajstić information content (AvgIpc) is 2.16. The van der Waals surface area contributed by atoms with Gasteiger partial charge in [0.25, 0.3) is 0 Å². The summed E-state index contributed by atoms with van der Waals surface area (Å²) in [6, 6.07) is 3.61. The first kappa shape index (κ1) is 12.5. The summed E-state index contributed by atoms with van der Waals surface area (Å²) in [6.07, 6.45) is 0. The van der Waals surface area contributed by atoms with Gasteiger partial charge in [0.1, 0.15) is 11.6 Å². The topological polar surface area (TPSA) is 26.0 Å². The van der Waals surface area contributed by atoms with E-state index in [4.69, 9.17) is 5.73 Å². The SMILES string of the molecule is CC(CN)CSCc1cc(F)cc(F)c1. The van der Waals surface area contributed by atoms with Crippen molar-refractivity contribution in [3.05, 3.63) is 35.4 Å². The van der Waals surface area contributed by atoms with Crippen LogP contribution in [-0.4, -0.2) is 12.3 Å². The van der Waals surface area contributed by atoms with Gasteiger partial charge in [0, 0.05) is 11.8 Å². The Morgan fingerprint density at radius 2 is 1.87 bits per heavy atom. The molecule has 1 rings (SSSR count). The molecule has 0 bridgehead atoms. The molecule has 84 valence electrons. The Morgan fingerprint density at radius 1 is 1.27 bits per heavy atom. The van der Waals surface area contributed by atoms with E-state index < -0.39 is 11.6 Å². The first-order valence-corrected chi connectivity index (χ1v) is 6.00. The largest absolute Gasteiger partial charge is 0.330 e. The molecule has 0 radical (unpaired) electrons. The van der Waals surface area contributed by atoms with Gasteiger partial charge in [-0.05, 0) is 35.9 Å². The molecule has 0 heterocycles. The fraction of sp³-hybridized carbons (Fsp3) is 0.455. The summed E-state index contributed by atoms with van der Waals surface area (Å²) in [5.74, 6) is 0.941. The third kappa shape index (κ3) is 4.62. The zero-order chi connectivity index (χ0) is 11.3. The Morgan fingerprint density at radius 3 is 2.40 bits per heavy atom. The normalized spacial score (nSPS) is 12.8. The van der Waals surface area contributed by atoms with Crippen LogP contribution in [-0.2, 0) is 5.75 Å². The Labute approximate surface area is 93.1 Å². The summed E-state index contributed by atoms with van der Waals surface area (Å²) < 4.78 is 25.6. The van der Waals surface area contributed by atoms with Crippen LogP contribution in [0.2, 0.25) is 0 Å². The molecule has 1 aromatic rings. The van der Waals surface area contributed by atoms with Crippen LogP contribution in [0.1, 0.15) is 12.5 Å². The smallest absolute Gasteiger partial charge is 0.126 e. The van der Waals surface area contributed by atoms with Crippen molar-refractivity contribution in [2.45, 2.75) is 12.7 Å². The van der Waals surface area contributed by atoms with Gasteiger partial charge in [-0.2, -0.15) is 11.8 Å². The molecule has 0 aliphatic rings. The molecule has 0 aliphatic heterocycles. The van der Waals surface area contributed by atoms with Crippen LogP contribution in [0.25, 0.3) is 0 Å². The third-order valence-corrected chi connectivity index (χ3v) is 3.34. The fourth-order valence-corrected chi connectivity index (χ4v) is 2.20. The summed E-state index contributed by atoms with van der Waals surface area (Å²) in [7, 11) is 0. The summed E-state index contributed by atoms with van der Waals surface area (Å²) in [5, 5.41) is 0. The minimum absolute atomic E-state index is 0.438. The standard InChI is InChI=1S/C11H15F2NS/c1-8(5-14)6-15-7-9-2-10(12)4-11(13)3-9/h2-4,8H,5-7,14H2,1H3. The van der Waals surface area contributed by atoms with Gasteiger partial charge in [0.05, 0.1) is 0 Å². The van der Waals surface area contributed by atoms with Gasteiger partial charge in [-0.15, -0.1) is 0 Å². The predicted molar refractivity (Wildman–Crippen MR) is 60.7 cm³/mol. The molecule has 0 aromatic heterocycles. The predicted octanol–water partition coefficient (Wildman–Crippen LogP) is 2.79. The van der Waals surface area contributed by atoms with E-state index in [0.29, 0.717) is 23.8 Å². The Kier molecular flexibility index (Phi) is 5.05. The zero-order valence-corrected chi connectivity index (χ0v) is 9.49.